The first-order valence-electron chi connectivity index (χ1n) is 5.23. The zero-order valence-electron chi connectivity index (χ0n) is 10.4. The number of anilines is 1. The summed E-state index contributed by atoms with van der Waals surface area (Å²) in [5.74, 6) is 0. The van der Waals surface area contributed by atoms with Gasteiger partial charge >= 0.3 is 6.09 Å². The van der Waals surface area contributed by atoms with E-state index in [4.69, 9.17) is 4.74 Å². The van der Waals surface area contributed by atoms with Gasteiger partial charge in [0.05, 0.1) is 5.69 Å². The summed E-state index contributed by atoms with van der Waals surface area (Å²) >= 11 is 0. The van der Waals surface area contributed by atoms with Crippen LogP contribution in [0.5, 0.6) is 0 Å². The zero-order chi connectivity index (χ0) is 13.1. The molecule has 1 amide bonds. The number of aromatic nitrogens is 1. The summed E-state index contributed by atoms with van der Waals surface area (Å²) in [5, 5.41) is 2.50. The highest BCUT2D eigenvalue weighted by atomic mass is 16.6. The summed E-state index contributed by atoms with van der Waals surface area (Å²) < 4.78 is 5.09. The van der Waals surface area contributed by atoms with Crippen LogP contribution >= 0.6 is 0 Å². The van der Waals surface area contributed by atoms with Crippen molar-refractivity contribution in [3.63, 3.8) is 0 Å². The van der Waals surface area contributed by atoms with Crippen LogP contribution in [0.2, 0.25) is 0 Å². The smallest absolute Gasteiger partial charge is 0.412 e. The lowest BCUT2D eigenvalue weighted by atomic mass is 10.2. The van der Waals surface area contributed by atoms with Crippen molar-refractivity contribution in [2.24, 2.45) is 0 Å². The molecule has 0 bridgehead atoms. The highest BCUT2D eigenvalue weighted by Gasteiger charge is 2.17. The Balaban J connectivity index is 2.84. The minimum Gasteiger partial charge on any atom is -0.444 e. The van der Waals surface area contributed by atoms with Gasteiger partial charge in [0.15, 0.2) is 6.29 Å². The molecule has 1 aromatic heterocycles. The first-order valence-corrected chi connectivity index (χ1v) is 5.23. The van der Waals surface area contributed by atoms with E-state index in [1.807, 2.05) is 6.92 Å². The number of pyridine rings is 1. The van der Waals surface area contributed by atoms with Gasteiger partial charge in [0.1, 0.15) is 11.3 Å². The SMILES string of the molecule is Cc1cnc(C=O)c(NC(=O)OC(C)(C)C)c1. The molecule has 0 radical (unpaired) electrons. The van der Waals surface area contributed by atoms with E-state index in [0.717, 1.165) is 5.56 Å². The molecule has 0 spiro atoms. The van der Waals surface area contributed by atoms with Gasteiger partial charge in [-0.2, -0.15) is 0 Å². The predicted octanol–water partition coefficient (Wildman–Crippen LogP) is 2.55. The maximum Gasteiger partial charge on any atom is 0.412 e. The molecular weight excluding hydrogens is 220 g/mol. The average Bonchev–Trinajstić information content (AvgIpc) is 2.14. The summed E-state index contributed by atoms with van der Waals surface area (Å²) in [6, 6.07) is 1.67. The van der Waals surface area contributed by atoms with Crippen molar-refractivity contribution in [3.8, 4) is 0 Å². The van der Waals surface area contributed by atoms with Crippen molar-refractivity contribution in [1.29, 1.82) is 0 Å². The van der Waals surface area contributed by atoms with Crippen molar-refractivity contribution < 1.29 is 14.3 Å². The molecule has 1 aromatic rings. The van der Waals surface area contributed by atoms with Crippen LogP contribution in [0, 0.1) is 6.92 Å². The number of ether oxygens (including phenoxy) is 1. The van der Waals surface area contributed by atoms with Gasteiger partial charge in [-0.05, 0) is 39.3 Å². The van der Waals surface area contributed by atoms with Gasteiger partial charge in [0, 0.05) is 6.20 Å². The van der Waals surface area contributed by atoms with E-state index in [2.05, 4.69) is 10.3 Å². The van der Waals surface area contributed by atoms with E-state index in [1.54, 1.807) is 33.0 Å². The molecule has 1 heterocycles. The Bertz CT molecular complexity index is 436. The number of hydrogen-bond donors (Lipinski definition) is 1. The third kappa shape index (κ3) is 4.22. The van der Waals surface area contributed by atoms with Crippen LogP contribution in [0.3, 0.4) is 0 Å². The Hall–Kier alpha value is -1.91. The van der Waals surface area contributed by atoms with Gasteiger partial charge in [-0.1, -0.05) is 0 Å². The van der Waals surface area contributed by atoms with Gasteiger partial charge in [-0.25, -0.2) is 4.79 Å². The third-order valence-electron chi connectivity index (χ3n) is 1.80. The first kappa shape index (κ1) is 13.2. The number of aryl methyl sites for hydroxylation is 1. The Kier molecular flexibility index (Phi) is 3.83. The summed E-state index contributed by atoms with van der Waals surface area (Å²) in [6.45, 7) is 7.12. The maximum atomic E-state index is 11.5. The highest BCUT2D eigenvalue weighted by Crippen LogP contribution is 2.15. The number of aldehydes is 1. The van der Waals surface area contributed by atoms with Gasteiger partial charge in [-0.15, -0.1) is 0 Å². The second-order valence-corrected chi connectivity index (χ2v) is 4.69. The molecule has 0 aliphatic heterocycles. The second-order valence-electron chi connectivity index (χ2n) is 4.69. The fraction of sp³-hybridized carbons (Fsp3) is 0.417. The minimum atomic E-state index is -0.604. The van der Waals surface area contributed by atoms with Gasteiger partial charge in [0.2, 0.25) is 0 Å². The number of amides is 1. The lowest BCUT2D eigenvalue weighted by Crippen LogP contribution is -2.27. The van der Waals surface area contributed by atoms with Crippen molar-refractivity contribution in [2.75, 3.05) is 5.32 Å². The number of nitrogens with zero attached hydrogens (tertiary/aromatic N) is 1. The van der Waals surface area contributed by atoms with E-state index in [1.165, 1.54) is 0 Å². The molecule has 92 valence electrons. The summed E-state index contributed by atoms with van der Waals surface area (Å²) in [4.78, 5) is 26.2. The molecule has 0 atom stereocenters. The Morgan fingerprint density at radius 1 is 1.47 bits per heavy atom. The molecule has 0 fully saturated rings. The molecule has 0 unspecified atom stereocenters. The van der Waals surface area contributed by atoms with Crippen LogP contribution in [0.4, 0.5) is 10.5 Å². The summed E-state index contributed by atoms with van der Waals surface area (Å²) in [7, 11) is 0. The number of carbonyl (C=O) groups excluding carboxylic acids is 2. The monoisotopic (exact) mass is 236 g/mol. The minimum absolute atomic E-state index is 0.182. The molecule has 0 aliphatic carbocycles. The highest BCUT2D eigenvalue weighted by molar-refractivity contribution is 5.91. The first-order chi connectivity index (χ1) is 7.81. The van der Waals surface area contributed by atoms with Crippen LogP contribution in [0.1, 0.15) is 36.8 Å². The van der Waals surface area contributed by atoms with Crippen molar-refractivity contribution in [1.82, 2.24) is 4.98 Å². The van der Waals surface area contributed by atoms with Crippen LogP contribution in [0.25, 0.3) is 0 Å². The van der Waals surface area contributed by atoms with Gasteiger partial charge in [-0.3, -0.25) is 15.1 Å². The second kappa shape index (κ2) is 4.95. The molecule has 0 saturated carbocycles. The lowest BCUT2D eigenvalue weighted by Gasteiger charge is -2.20. The van der Waals surface area contributed by atoms with Crippen LogP contribution in [-0.2, 0) is 4.74 Å². The molecule has 0 aromatic carbocycles. The van der Waals surface area contributed by atoms with Crippen molar-refractivity contribution >= 4 is 18.1 Å². The standard InChI is InChI=1S/C12H16N2O3/c1-8-5-9(10(7-15)13-6-8)14-11(16)17-12(2,3)4/h5-7H,1-4H3,(H,14,16). The molecule has 5 heteroatoms. The average molecular weight is 236 g/mol. The molecule has 1 N–H and O–H groups in total. The third-order valence-corrected chi connectivity index (χ3v) is 1.80. The fourth-order valence-electron chi connectivity index (χ4n) is 1.19. The number of nitrogens with one attached hydrogen (secondary N) is 1. The molecule has 5 nitrogen and oxygen atoms in total. The van der Waals surface area contributed by atoms with Crippen LogP contribution < -0.4 is 5.32 Å². The Morgan fingerprint density at radius 2 is 2.12 bits per heavy atom. The van der Waals surface area contributed by atoms with Crippen molar-refractivity contribution in [2.45, 2.75) is 33.3 Å². The van der Waals surface area contributed by atoms with Crippen molar-refractivity contribution in [3.05, 3.63) is 23.5 Å². The molecule has 0 aliphatic rings. The zero-order valence-corrected chi connectivity index (χ0v) is 10.4. The topological polar surface area (TPSA) is 68.3 Å². The normalized spacial score (nSPS) is 10.8. The van der Waals surface area contributed by atoms with Crippen LogP contribution in [-0.4, -0.2) is 23.0 Å². The number of hydrogen-bond acceptors (Lipinski definition) is 4. The lowest BCUT2D eigenvalue weighted by molar-refractivity contribution is 0.0636. The Labute approximate surface area is 100 Å². The number of carbonyl (C=O) groups is 2. The molecule has 17 heavy (non-hydrogen) atoms. The molecular formula is C12H16N2O3. The molecule has 1 rings (SSSR count). The van der Waals surface area contributed by atoms with E-state index in [-0.39, 0.29) is 5.69 Å². The van der Waals surface area contributed by atoms with Gasteiger partial charge in [0.25, 0.3) is 0 Å². The van der Waals surface area contributed by atoms with E-state index in [9.17, 15) is 9.59 Å². The summed E-state index contributed by atoms with van der Waals surface area (Å²) in [6.07, 6.45) is 1.55. The maximum absolute atomic E-state index is 11.5. The quantitative estimate of drug-likeness (QED) is 0.801. The predicted molar refractivity (Wildman–Crippen MR) is 64.2 cm³/mol. The fourth-order valence-corrected chi connectivity index (χ4v) is 1.19. The van der Waals surface area contributed by atoms with E-state index < -0.39 is 11.7 Å². The largest absolute Gasteiger partial charge is 0.444 e. The van der Waals surface area contributed by atoms with Gasteiger partial charge < -0.3 is 4.74 Å². The summed E-state index contributed by atoms with van der Waals surface area (Å²) in [5.41, 5.74) is 0.806. The Morgan fingerprint density at radius 3 is 2.65 bits per heavy atom. The van der Waals surface area contributed by atoms with E-state index >= 15 is 0 Å². The molecule has 0 saturated heterocycles. The number of rotatable bonds is 2. The van der Waals surface area contributed by atoms with E-state index in [0.29, 0.717) is 12.0 Å². The van der Waals surface area contributed by atoms with Crippen LogP contribution in [0.15, 0.2) is 12.3 Å².